The van der Waals surface area contributed by atoms with Gasteiger partial charge in [0.15, 0.2) is 0 Å². The van der Waals surface area contributed by atoms with Crippen molar-refractivity contribution in [2.45, 2.75) is 36.0 Å². The fraction of sp³-hybridized carbons (Fsp3) is 0.250. The Labute approximate surface area is 118 Å². The molecule has 2 nitrogen and oxygen atoms in total. The number of hydrogen-bond acceptors (Lipinski definition) is 3. The number of aromatic hydroxyl groups is 2. The Kier molecular flexibility index (Phi) is 4.74. The molecule has 0 bridgehead atoms. The Morgan fingerprint density at radius 3 is 2.58 bits per heavy atom. The molecule has 0 amide bonds. The minimum Gasteiger partial charge on any atom is -0.508 e. The molecule has 2 aromatic carbocycles. The number of phenolic OH excluding ortho intramolecular Hbond substituents is 2. The number of phenols is 2. The second kappa shape index (κ2) is 6.53. The first kappa shape index (κ1) is 13.8. The lowest BCUT2D eigenvalue weighted by Gasteiger charge is -2.10. The Hall–Kier alpha value is -1.61. The molecule has 0 aliphatic carbocycles. The van der Waals surface area contributed by atoms with Crippen LogP contribution in [0, 0.1) is 0 Å². The summed E-state index contributed by atoms with van der Waals surface area (Å²) in [6, 6.07) is 12.8. The predicted molar refractivity (Wildman–Crippen MR) is 78.9 cm³/mol. The second-order valence-corrected chi connectivity index (χ2v) is 5.55. The van der Waals surface area contributed by atoms with E-state index in [1.165, 1.54) is 29.5 Å². The van der Waals surface area contributed by atoms with Crippen molar-refractivity contribution >= 4 is 11.8 Å². The fourth-order valence-electron chi connectivity index (χ4n) is 1.88. The average molecular weight is 274 g/mol. The van der Waals surface area contributed by atoms with Crippen LogP contribution in [0.3, 0.4) is 0 Å². The summed E-state index contributed by atoms with van der Waals surface area (Å²) in [5, 5.41) is 19.3. The molecule has 0 unspecified atom stereocenters. The number of unbranched alkanes of at least 4 members (excludes halogenated alkanes) is 1. The maximum atomic E-state index is 9.83. The molecule has 0 spiro atoms. The van der Waals surface area contributed by atoms with Crippen molar-refractivity contribution in [3.05, 3.63) is 48.0 Å². The van der Waals surface area contributed by atoms with Gasteiger partial charge in [-0.05, 0) is 42.7 Å². The van der Waals surface area contributed by atoms with Crippen molar-refractivity contribution in [1.29, 1.82) is 0 Å². The van der Waals surface area contributed by atoms with E-state index in [1.807, 2.05) is 12.1 Å². The Balaban J connectivity index is 2.25. The largest absolute Gasteiger partial charge is 0.508 e. The van der Waals surface area contributed by atoms with E-state index < -0.39 is 0 Å². The van der Waals surface area contributed by atoms with Crippen LogP contribution in [-0.4, -0.2) is 10.2 Å². The molecule has 0 saturated heterocycles. The molecule has 0 fully saturated rings. The van der Waals surface area contributed by atoms with Gasteiger partial charge in [-0.2, -0.15) is 0 Å². The Bertz CT molecular complexity index is 552. The van der Waals surface area contributed by atoms with E-state index in [-0.39, 0.29) is 11.5 Å². The van der Waals surface area contributed by atoms with Crippen molar-refractivity contribution in [3.8, 4) is 11.5 Å². The summed E-state index contributed by atoms with van der Waals surface area (Å²) in [7, 11) is 0. The van der Waals surface area contributed by atoms with Crippen LogP contribution >= 0.6 is 11.8 Å². The third-order valence-electron chi connectivity index (χ3n) is 2.94. The van der Waals surface area contributed by atoms with Crippen molar-refractivity contribution in [1.82, 2.24) is 0 Å². The van der Waals surface area contributed by atoms with Crippen molar-refractivity contribution < 1.29 is 10.2 Å². The normalized spacial score (nSPS) is 10.6. The van der Waals surface area contributed by atoms with E-state index in [4.69, 9.17) is 0 Å². The Morgan fingerprint density at radius 2 is 1.79 bits per heavy atom. The summed E-state index contributed by atoms with van der Waals surface area (Å²) in [6.07, 6.45) is 3.36. The van der Waals surface area contributed by atoms with Crippen LogP contribution in [0.1, 0.15) is 25.3 Å². The maximum Gasteiger partial charge on any atom is 0.129 e. The molecule has 0 atom stereocenters. The summed E-state index contributed by atoms with van der Waals surface area (Å²) in [6.45, 7) is 2.18. The van der Waals surface area contributed by atoms with Gasteiger partial charge >= 0.3 is 0 Å². The van der Waals surface area contributed by atoms with Gasteiger partial charge in [-0.25, -0.2) is 0 Å². The van der Waals surface area contributed by atoms with E-state index >= 15 is 0 Å². The zero-order valence-corrected chi connectivity index (χ0v) is 11.8. The molecule has 3 heteroatoms. The van der Waals surface area contributed by atoms with Gasteiger partial charge in [-0.3, -0.25) is 0 Å². The van der Waals surface area contributed by atoms with E-state index in [9.17, 15) is 10.2 Å². The molecule has 19 heavy (non-hydrogen) atoms. The van der Waals surface area contributed by atoms with Crippen LogP contribution in [0.2, 0.25) is 0 Å². The van der Waals surface area contributed by atoms with Crippen molar-refractivity contribution in [2.24, 2.45) is 0 Å². The number of aryl methyl sites for hydroxylation is 1. The number of hydrogen-bond donors (Lipinski definition) is 2. The van der Waals surface area contributed by atoms with E-state index in [2.05, 4.69) is 19.1 Å². The van der Waals surface area contributed by atoms with Gasteiger partial charge in [-0.15, -0.1) is 0 Å². The van der Waals surface area contributed by atoms with Crippen LogP contribution in [0.5, 0.6) is 11.5 Å². The molecular formula is C16H18O2S. The highest BCUT2D eigenvalue weighted by atomic mass is 32.2. The van der Waals surface area contributed by atoms with Crippen LogP contribution in [0.15, 0.2) is 52.3 Å². The van der Waals surface area contributed by atoms with Gasteiger partial charge in [0.25, 0.3) is 0 Å². The van der Waals surface area contributed by atoms with Crippen molar-refractivity contribution in [2.75, 3.05) is 0 Å². The summed E-state index contributed by atoms with van der Waals surface area (Å²) in [4.78, 5) is 1.82. The topological polar surface area (TPSA) is 40.5 Å². The molecule has 0 aliphatic heterocycles. The van der Waals surface area contributed by atoms with Gasteiger partial charge in [0.1, 0.15) is 11.5 Å². The van der Waals surface area contributed by atoms with Crippen LogP contribution in [-0.2, 0) is 6.42 Å². The highest BCUT2D eigenvalue weighted by Gasteiger charge is 2.08. The maximum absolute atomic E-state index is 9.83. The van der Waals surface area contributed by atoms with Crippen LogP contribution in [0.4, 0.5) is 0 Å². The Morgan fingerprint density at radius 1 is 1.00 bits per heavy atom. The van der Waals surface area contributed by atoms with E-state index in [1.54, 1.807) is 6.07 Å². The molecular weight excluding hydrogens is 256 g/mol. The summed E-state index contributed by atoms with van der Waals surface area (Å²) < 4.78 is 0. The number of benzene rings is 2. The predicted octanol–water partition coefficient (Wildman–Crippen LogP) is 4.59. The molecule has 2 aromatic rings. The lowest BCUT2D eigenvalue weighted by atomic mass is 10.1. The minimum absolute atomic E-state index is 0.173. The lowest BCUT2D eigenvalue weighted by molar-refractivity contribution is 0.448. The number of rotatable bonds is 5. The summed E-state index contributed by atoms with van der Waals surface area (Å²) in [5.74, 6) is 0.374. The van der Waals surface area contributed by atoms with Gasteiger partial charge < -0.3 is 10.2 Å². The standard InChI is InChI=1S/C16H18O2S/c1-2-3-6-12-7-4-5-8-15(12)19-16-11-13(17)9-10-14(16)18/h4-5,7-11,17-18H,2-3,6H2,1H3. The third-order valence-corrected chi connectivity index (χ3v) is 4.10. The summed E-state index contributed by atoms with van der Waals surface area (Å²) >= 11 is 1.50. The molecule has 0 aliphatic rings. The second-order valence-electron chi connectivity index (χ2n) is 4.47. The highest BCUT2D eigenvalue weighted by Crippen LogP contribution is 2.38. The van der Waals surface area contributed by atoms with E-state index in [0.717, 1.165) is 24.2 Å². The first-order valence-electron chi connectivity index (χ1n) is 6.48. The van der Waals surface area contributed by atoms with Gasteiger partial charge in [0.2, 0.25) is 0 Å². The minimum atomic E-state index is 0.173. The van der Waals surface area contributed by atoms with Crippen LogP contribution in [0.25, 0.3) is 0 Å². The van der Waals surface area contributed by atoms with Gasteiger partial charge in [-0.1, -0.05) is 43.3 Å². The molecule has 100 valence electrons. The zero-order valence-electron chi connectivity index (χ0n) is 11.0. The molecule has 0 heterocycles. The monoisotopic (exact) mass is 274 g/mol. The van der Waals surface area contributed by atoms with Crippen molar-refractivity contribution in [3.63, 3.8) is 0 Å². The molecule has 0 saturated carbocycles. The lowest BCUT2D eigenvalue weighted by Crippen LogP contribution is -1.88. The average Bonchev–Trinajstić information content (AvgIpc) is 2.42. The van der Waals surface area contributed by atoms with Crippen LogP contribution < -0.4 is 0 Å². The molecule has 0 radical (unpaired) electrons. The van der Waals surface area contributed by atoms with Gasteiger partial charge in [0.05, 0.1) is 4.90 Å². The first-order chi connectivity index (χ1) is 9.20. The SMILES string of the molecule is CCCCc1ccccc1Sc1cc(O)ccc1O. The fourth-order valence-corrected chi connectivity index (χ4v) is 2.92. The van der Waals surface area contributed by atoms with E-state index in [0.29, 0.717) is 4.90 Å². The summed E-state index contributed by atoms with van der Waals surface area (Å²) in [5.41, 5.74) is 1.29. The molecule has 2 N–H and O–H groups in total. The third kappa shape index (κ3) is 3.67. The quantitative estimate of drug-likeness (QED) is 0.783. The smallest absolute Gasteiger partial charge is 0.129 e. The first-order valence-corrected chi connectivity index (χ1v) is 7.30. The van der Waals surface area contributed by atoms with Gasteiger partial charge in [0, 0.05) is 4.90 Å². The highest BCUT2D eigenvalue weighted by molar-refractivity contribution is 7.99. The molecule has 2 rings (SSSR count). The molecule has 0 aromatic heterocycles. The zero-order chi connectivity index (χ0) is 13.7.